The second-order valence-corrected chi connectivity index (χ2v) is 3.52. The van der Waals surface area contributed by atoms with Crippen LogP contribution in [0.4, 0.5) is 0 Å². The van der Waals surface area contributed by atoms with Crippen LogP contribution in [-0.4, -0.2) is 10.2 Å². The van der Waals surface area contributed by atoms with Gasteiger partial charge in [-0.3, -0.25) is 0 Å². The van der Waals surface area contributed by atoms with E-state index >= 15 is 0 Å². The van der Waals surface area contributed by atoms with Crippen molar-refractivity contribution in [2.24, 2.45) is 0 Å². The molecule has 0 amide bonds. The minimum Gasteiger partial charge on any atom is -0.508 e. The minimum absolute atomic E-state index is 0.266. The zero-order chi connectivity index (χ0) is 11.4. The monoisotopic (exact) mass is 212 g/mol. The molecule has 0 atom stereocenters. The van der Waals surface area contributed by atoms with Gasteiger partial charge < -0.3 is 10.2 Å². The van der Waals surface area contributed by atoms with Crippen LogP contribution in [0.2, 0.25) is 0 Å². The van der Waals surface area contributed by atoms with Crippen LogP contribution in [-0.2, 0) is 0 Å². The number of hydrogen-bond acceptors (Lipinski definition) is 2. The van der Waals surface area contributed by atoms with E-state index in [1.165, 1.54) is 0 Å². The first-order chi connectivity index (χ1) is 7.74. The highest BCUT2D eigenvalue weighted by molar-refractivity contribution is 5.69. The summed E-state index contributed by atoms with van der Waals surface area (Å²) in [5.41, 5.74) is 2.04. The maximum atomic E-state index is 9.12. The molecule has 0 fully saturated rings. The van der Waals surface area contributed by atoms with Crippen LogP contribution in [0.1, 0.15) is 11.1 Å². The Kier molecular flexibility index (Phi) is 2.92. The molecule has 0 aromatic heterocycles. The Hall–Kier alpha value is -2.22. The molecule has 0 saturated carbocycles. The Balaban J connectivity index is 2.15. The molecular weight excluding hydrogens is 200 g/mol. The highest BCUT2D eigenvalue weighted by Gasteiger charge is 1.90. The van der Waals surface area contributed by atoms with Gasteiger partial charge in [-0.2, -0.15) is 0 Å². The normalized spacial score (nSPS) is 10.8. The topological polar surface area (TPSA) is 40.5 Å². The highest BCUT2D eigenvalue weighted by Crippen LogP contribution is 2.14. The van der Waals surface area contributed by atoms with E-state index in [1.807, 2.05) is 36.4 Å². The molecule has 0 aliphatic heterocycles. The fraction of sp³-hybridized carbons (Fsp3) is 0. The summed E-state index contributed by atoms with van der Waals surface area (Å²) in [6.45, 7) is 0. The van der Waals surface area contributed by atoms with Gasteiger partial charge in [0.1, 0.15) is 11.5 Å². The Morgan fingerprint density at radius 2 is 0.875 bits per heavy atom. The van der Waals surface area contributed by atoms with E-state index < -0.39 is 0 Å². The second-order valence-electron chi connectivity index (χ2n) is 3.52. The fourth-order valence-corrected chi connectivity index (χ4v) is 1.36. The van der Waals surface area contributed by atoms with E-state index in [-0.39, 0.29) is 11.5 Å². The number of aromatic hydroxyl groups is 2. The predicted molar refractivity (Wildman–Crippen MR) is 65.1 cm³/mol. The van der Waals surface area contributed by atoms with Crippen LogP contribution < -0.4 is 0 Å². The summed E-state index contributed by atoms with van der Waals surface area (Å²) < 4.78 is 0. The van der Waals surface area contributed by atoms with Crippen LogP contribution in [0, 0.1) is 0 Å². The molecule has 16 heavy (non-hydrogen) atoms. The SMILES string of the molecule is Oc1ccc(C=Cc2ccc(O)cc2)cc1. The first kappa shape index (κ1) is 10.3. The molecule has 0 spiro atoms. The molecule has 0 bridgehead atoms. The number of phenols is 2. The van der Waals surface area contributed by atoms with Crippen molar-refractivity contribution in [1.82, 2.24) is 0 Å². The Labute approximate surface area is 94.1 Å². The van der Waals surface area contributed by atoms with E-state index in [4.69, 9.17) is 10.2 Å². The number of phenolic OH excluding ortho intramolecular Hbond substituents is 2. The summed E-state index contributed by atoms with van der Waals surface area (Å²) in [4.78, 5) is 0. The van der Waals surface area contributed by atoms with Crippen LogP contribution in [0.3, 0.4) is 0 Å². The lowest BCUT2D eigenvalue weighted by atomic mass is 10.1. The van der Waals surface area contributed by atoms with Gasteiger partial charge in [0.25, 0.3) is 0 Å². The fourth-order valence-electron chi connectivity index (χ4n) is 1.36. The van der Waals surface area contributed by atoms with Crippen molar-refractivity contribution >= 4 is 12.2 Å². The van der Waals surface area contributed by atoms with E-state index in [1.54, 1.807) is 24.3 Å². The molecule has 2 nitrogen and oxygen atoms in total. The van der Waals surface area contributed by atoms with Gasteiger partial charge in [0.15, 0.2) is 0 Å². The smallest absolute Gasteiger partial charge is 0.115 e. The summed E-state index contributed by atoms with van der Waals surface area (Å²) in [6, 6.07) is 14.0. The summed E-state index contributed by atoms with van der Waals surface area (Å²) in [6.07, 6.45) is 3.90. The third kappa shape index (κ3) is 2.64. The lowest BCUT2D eigenvalue weighted by molar-refractivity contribution is 0.474. The summed E-state index contributed by atoms with van der Waals surface area (Å²) in [5.74, 6) is 0.531. The average Bonchev–Trinajstić information content (AvgIpc) is 2.30. The largest absolute Gasteiger partial charge is 0.508 e. The number of rotatable bonds is 2. The van der Waals surface area contributed by atoms with Crippen molar-refractivity contribution in [3.63, 3.8) is 0 Å². The number of hydrogen-bond donors (Lipinski definition) is 2. The van der Waals surface area contributed by atoms with E-state index in [0.29, 0.717) is 0 Å². The molecular formula is C14H12O2. The summed E-state index contributed by atoms with van der Waals surface area (Å²) in [7, 11) is 0. The molecule has 0 aliphatic rings. The molecule has 0 radical (unpaired) electrons. The van der Waals surface area contributed by atoms with Gasteiger partial charge >= 0.3 is 0 Å². The molecule has 2 rings (SSSR count). The van der Waals surface area contributed by atoms with Gasteiger partial charge in [-0.1, -0.05) is 36.4 Å². The van der Waals surface area contributed by atoms with Crippen LogP contribution in [0.25, 0.3) is 12.2 Å². The predicted octanol–water partition coefficient (Wildman–Crippen LogP) is 3.27. The van der Waals surface area contributed by atoms with Gasteiger partial charge in [0.05, 0.1) is 0 Å². The lowest BCUT2D eigenvalue weighted by Gasteiger charge is -1.96. The van der Waals surface area contributed by atoms with Crippen molar-refractivity contribution < 1.29 is 10.2 Å². The second kappa shape index (κ2) is 4.53. The van der Waals surface area contributed by atoms with Crippen LogP contribution in [0.5, 0.6) is 11.5 Å². The van der Waals surface area contributed by atoms with Crippen LogP contribution >= 0.6 is 0 Å². The molecule has 0 aliphatic carbocycles. The van der Waals surface area contributed by atoms with Crippen molar-refractivity contribution in [2.45, 2.75) is 0 Å². The van der Waals surface area contributed by atoms with Gasteiger partial charge in [-0.15, -0.1) is 0 Å². The van der Waals surface area contributed by atoms with Crippen molar-refractivity contribution in [2.75, 3.05) is 0 Å². The molecule has 2 aromatic rings. The zero-order valence-electron chi connectivity index (χ0n) is 8.67. The first-order valence-electron chi connectivity index (χ1n) is 5.00. The van der Waals surface area contributed by atoms with E-state index in [0.717, 1.165) is 11.1 Å². The molecule has 80 valence electrons. The summed E-state index contributed by atoms with van der Waals surface area (Å²) >= 11 is 0. The molecule has 0 heterocycles. The highest BCUT2D eigenvalue weighted by atomic mass is 16.3. The molecule has 0 saturated heterocycles. The van der Waals surface area contributed by atoms with Crippen molar-refractivity contribution in [1.29, 1.82) is 0 Å². The standard InChI is InChI=1S/C14H12O2/c15-13-7-3-11(4-8-13)1-2-12-5-9-14(16)10-6-12/h1-10,15-16H. The third-order valence-corrected chi connectivity index (χ3v) is 2.25. The first-order valence-corrected chi connectivity index (χ1v) is 5.00. The van der Waals surface area contributed by atoms with Gasteiger partial charge in [0, 0.05) is 0 Å². The Morgan fingerprint density at radius 3 is 1.19 bits per heavy atom. The van der Waals surface area contributed by atoms with Crippen molar-refractivity contribution in [3.05, 3.63) is 59.7 Å². The van der Waals surface area contributed by atoms with E-state index in [9.17, 15) is 0 Å². The summed E-state index contributed by atoms with van der Waals surface area (Å²) in [5, 5.41) is 18.2. The molecule has 2 aromatic carbocycles. The van der Waals surface area contributed by atoms with Crippen molar-refractivity contribution in [3.8, 4) is 11.5 Å². The van der Waals surface area contributed by atoms with Gasteiger partial charge in [-0.05, 0) is 35.4 Å². The maximum absolute atomic E-state index is 9.12. The number of benzene rings is 2. The Morgan fingerprint density at radius 1 is 0.562 bits per heavy atom. The zero-order valence-corrected chi connectivity index (χ0v) is 8.67. The Bertz CT molecular complexity index is 434. The minimum atomic E-state index is 0.266. The van der Waals surface area contributed by atoms with Gasteiger partial charge in [0.2, 0.25) is 0 Å². The van der Waals surface area contributed by atoms with E-state index in [2.05, 4.69) is 0 Å². The quantitative estimate of drug-likeness (QED) is 0.750. The molecule has 2 heteroatoms. The molecule has 0 unspecified atom stereocenters. The average molecular weight is 212 g/mol. The molecule has 2 N–H and O–H groups in total. The van der Waals surface area contributed by atoms with Crippen LogP contribution in [0.15, 0.2) is 48.5 Å². The maximum Gasteiger partial charge on any atom is 0.115 e. The lowest BCUT2D eigenvalue weighted by Crippen LogP contribution is -1.72. The third-order valence-electron chi connectivity index (χ3n) is 2.25. The van der Waals surface area contributed by atoms with Gasteiger partial charge in [-0.25, -0.2) is 0 Å².